The zero-order valence-electron chi connectivity index (χ0n) is 17.7. The fourth-order valence-corrected chi connectivity index (χ4v) is 4.03. The maximum atomic E-state index is 13.1. The van der Waals surface area contributed by atoms with E-state index in [0.717, 1.165) is 22.3 Å². The summed E-state index contributed by atoms with van der Waals surface area (Å²) in [5, 5.41) is 24.8. The van der Waals surface area contributed by atoms with Crippen molar-refractivity contribution in [2.75, 3.05) is 13.1 Å². The van der Waals surface area contributed by atoms with Crippen molar-refractivity contribution in [1.82, 2.24) is 10.6 Å². The summed E-state index contributed by atoms with van der Waals surface area (Å²) >= 11 is 0. The molecular weight excluding hydrogens is 396 g/mol. The molecule has 3 aromatic carbocycles. The highest BCUT2D eigenvalue weighted by molar-refractivity contribution is 5.85. The van der Waals surface area contributed by atoms with Crippen molar-refractivity contribution in [2.24, 2.45) is 5.41 Å². The van der Waals surface area contributed by atoms with Crippen molar-refractivity contribution in [3.8, 4) is 23.3 Å². The van der Waals surface area contributed by atoms with E-state index in [9.17, 15) is 10.1 Å². The number of benzene rings is 3. The molecule has 0 bridgehead atoms. The maximum absolute atomic E-state index is 13.1. The maximum Gasteiger partial charge on any atom is 0.230 e. The van der Waals surface area contributed by atoms with Crippen LogP contribution in [-0.4, -0.2) is 25.0 Å². The van der Waals surface area contributed by atoms with Gasteiger partial charge in [0.15, 0.2) is 0 Å². The zero-order chi connectivity index (χ0) is 22.4. The number of carbonyl (C=O) groups is 1. The number of nitriles is 2. The van der Waals surface area contributed by atoms with Crippen molar-refractivity contribution in [2.45, 2.75) is 18.9 Å². The largest absolute Gasteiger partial charge is 0.339 e. The molecule has 1 aliphatic heterocycles. The van der Waals surface area contributed by atoms with Gasteiger partial charge in [-0.15, -0.1) is 0 Å². The monoisotopic (exact) mass is 420 g/mol. The Labute approximate surface area is 188 Å². The van der Waals surface area contributed by atoms with Gasteiger partial charge in [0.2, 0.25) is 5.91 Å². The number of rotatable bonds is 7. The lowest BCUT2D eigenvalue weighted by Gasteiger charge is -2.41. The third-order valence-electron chi connectivity index (χ3n) is 6.00. The molecule has 158 valence electrons. The summed E-state index contributed by atoms with van der Waals surface area (Å²) in [6.07, 6.45) is 1.11. The fourth-order valence-electron chi connectivity index (χ4n) is 4.03. The average Bonchev–Trinajstić information content (AvgIpc) is 2.82. The molecule has 0 spiro atoms. The number of carbonyl (C=O) groups excluding carboxylic acids is 1. The van der Waals surface area contributed by atoms with Crippen molar-refractivity contribution >= 4 is 5.91 Å². The molecule has 2 N–H and O–H groups in total. The highest BCUT2D eigenvalue weighted by Crippen LogP contribution is 2.28. The molecular formula is C27H24N4O. The first-order chi connectivity index (χ1) is 15.6. The molecule has 1 aliphatic rings. The number of hydrogen-bond donors (Lipinski definition) is 2. The predicted molar refractivity (Wildman–Crippen MR) is 123 cm³/mol. The molecule has 0 aromatic heterocycles. The molecule has 32 heavy (non-hydrogen) atoms. The van der Waals surface area contributed by atoms with Crippen molar-refractivity contribution in [3.63, 3.8) is 0 Å². The van der Waals surface area contributed by atoms with Crippen LogP contribution in [0.5, 0.6) is 0 Å². The average molecular weight is 421 g/mol. The third kappa shape index (κ3) is 4.70. The van der Waals surface area contributed by atoms with Gasteiger partial charge >= 0.3 is 0 Å². The molecule has 3 aromatic rings. The van der Waals surface area contributed by atoms with Gasteiger partial charge in [0, 0.05) is 19.5 Å². The van der Waals surface area contributed by atoms with Crippen molar-refractivity contribution in [3.05, 3.63) is 95.6 Å². The number of hydrogen-bond acceptors (Lipinski definition) is 4. The van der Waals surface area contributed by atoms with Crippen LogP contribution in [-0.2, 0) is 17.6 Å². The van der Waals surface area contributed by atoms with E-state index in [2.05, 4.69) is 22.8 Å². The lowest BCUT2D eigenvalue weighted by Crippen LogP contribution is -2.63. The van der Waals surface area contributed by atoms with Crippen LogP contribution in [0.25, 0.3) is 11.1 Å². The van der Waals surface area contributed by atoms with Crippen LogP contribution >= 0.6 is 0 Å². The van der Waals surface area contributed by atoms with E-state index in [0.29, 0.717) is 31.5 Å². The van der Waals surface area contributed by atoms with E-state index in [4.69, 9.17) is 5.26 Å². The van der Waals surface area contributed by atoms with Crippen LogP contribution in [0.3, 0.4) is 0 Å². The molecule has 1 amide bonds. The summed E-state index contributed by atoms with van der Waals surface area (Å²) in [6.45, 7) is 1.23. The second-order valence-electron chi connectivity index (χ2n) is 8.29. The molecule has 1 saturated heterocycles. The standard InChI is InChI=1S/C27H24N4O/c28-16-22-8-12-24(13-9-22)23-10-6-20(7-11-23)14-25(17-29)31-26(32)27(18-30-19-27)15-21-4-2-1-3-5-21/h1-13,25,30H,14-15,18-19H2,(H,31,32). The molecule has 5 heteroatoms. The lowest BCUT2D eigenvalue weighted by molar-refractivity contribution is -0.134. The quantitative estimate of drug-likeness (QED) is 0.611. The highest BCUT2D eigenvalue weighted by Gasteiger charge is 2.44. The van der Waals surface area contributed by atoms with Crippen LogP contribution < -0.4 is 10.6 Å². The molecule has 1 atom stereocenters. The van der Waals surface area contributed by atoms with E-state index >= 15 is 0 Å². The molecule has 5 nitrogen and oxygen atoms in total. The van der Waals surface area contributed by atoms with Crippen LogP contribution in [0, 0.1) is 28.1 Å². The Morgan fingerprint density at radius 1 is 0.906 bits per heavy atom. The van der Waals surface area contributed by atoms with E-state index in [-0.39, 0.29) is 5.91 Å². The molecule has 4 rings (SSSR count). The van der Waals surface area contributed by atoms with E-state index in [1.54, 1.807) is 12.1 Å². The molecule has 0 saturated carbocycles. The van der Waals surface area contributed by atoms with Crippen LogP contribution in [0.1, 0.15) is 16.7 Å². The number of amides is 1. The van der Waals surface area contributed by atoms with Gasteiger partial charge in [0.05, 0.1) is 23.1 Å². The molecule has 1 heterocycles. The second-order valence-corrected chi connectivity index (χ2v) is 8.29. The summed E-state index contributed by atoms with van der Waals surface area (Å²) in [5.74, 6) is -0.0687. The van der Waals surface area contributed by atoms with Gasteiger partial charge in [0.1, 0.15) is 6.04 Å². The summed E-state index contributed by atoms with van der Waals surface area (Å²) in [5.41, 5.74) is 4.30. The Bertz CT molecular complexity index is 1150. The Morgan fingerprint density at radius 2 is 1.53 bits per heavy atom. The van der Waals surface area contributed by atoms with Gasteiger partial charge in [-0.3, -0.25) is 4.79 Å². The molecule has 1 unspecified atom stereocenters. The van der Waals surface area contributed by atoms with Gasteiger partial charge < -0.3 is 10.6 Å². The van der Waals surface area contributed by atoms with Gasteiger partial charge in [-0.1, -0.05) is 66.7 Å². The Kier molecular flexibility index (Phi) is 6.31. The zero-order valence-corrected chi connectivity index (χ0v) is 17.7. The van der Waals surface area contributed by atoms with E-state index in [1.165, 1.54) is 0 Å². The number of nitrogens with one attached hydrogen (secondary N) is 2. The predicted octanol–water partition coefficient (Wildman–Crippen LogP) is 3.61. The van der Waals surface area contributed by atoms with Gasteiger partial charge in [0.25, 0.3) is 0 Å². The molecule has 1 fully saturated rings. The third-order valence-corrected chi connectivity index (χ3v) is 6.00. The normalized spacial score (nSPS) is 14.9. The van der Waals surface area contributed by atoms with Gasteiger partial charge in [-0.05, 0) is 40.8 Å². The number of nitrogens with zero attached hydrogens (tertiary/aromatic N) is 2. The van der Waals surface area contributed by atoms with Gasteiger partial charge in [-0.2, -0.15) is 10.5 Å². The lowest BCUT2D eigenvalue weighted by atomic mass is 9.75. The Balaban J connectivity index is 1.40. The fraction of sp³-hybridized carbons (Fsp3) is 0.222. The summed E-state index contributed by atoms with van der Waals surface area (Å²) < 4.78 is 0. The van der Waals surface area contributed by atoms with Crippen molar-refractivity contribution in [1.29, 1.82) is 10.5 Å². The summed E-state index contributed by atoms with van der Waals surface area (Å²) in [6, 6.07) is 29.2. The SMILES string of the molecule is N#Cc1ccc(-c2ccc(CC(C#N)NC(=O)C3(Cc4ccccc4)CNC3)cc2)cc1. The Hall–Kier alpha value is -3.93. The van der Waals surface area contributed by atoms with Crippen LogP contribution in [0.2, 0.25) is 0 Å². The minimum absolute atomic E-state index is 0.0687. The first kappa shape index (κ1) is 21.3. The Morgan fingerprint density at radius 3 is 2.06 bits per heavy atom. The molecule has 0 aliphatic carbocycles. The summed E-state index contributed by atoms with van der Waals surface area (Å²) in [4.78, 5) is 13.1. The first-order valence-corrected chi connectivity index (χ1v) is 10.7. The smallest absolute Gasteiger partial charge is 0.230 e. The topological polar surface area (TPSA) is 88.7 Å². The van der Waals surface area contributed by atoms with Crippen LogP contribution in [0.4, 0.5) is 0 Å². The van der Waals surface area contributed by atoms with E-state index < -0.39 is 11.5 Å². The van der Waals surface area contributed by atoms with Gasteiger partial charge in [-0.25, -0.2) is 0 Å². The second kappa shape index (κ2) is 9.47. The molecule has 0 radical (unpaired) electrons. The highest BCUT2D eigenvalue weighted by atomic mass is 16.2. The first-order valence-electron chi connectivity index (χ1n) is 10.7. The van der Waals surface area contributed by atoms with E-state index in [1.807, 2.05) is 66.7 Å². The van der Waals surface area contributed by atoms with Crippen molar-refractivity contribution < 1.29 is 4.79 Å². The summed E-state index contributed by atoms with van der Waals surface area (Å²) in [7, 11) is 0. The van der Waals surface area contributed by atoms with Crippen LogP contribution in [0.15, 0.2) is 78.9 Å². The minimum Gasteiger partial charge on any atom is -0.339 e. The minimum atomic E-state index is -0.587.